The largest absolute Gasteiger partial charge is 0.465 e. The SMILES string of the molecule is CCCOCCCCC(C)(NC(C)C)C(=O)OCC. The van der Waals surface area contributed by atoms with Crippen molar-refractivity contribution in [3.8, 4) is 0 Å². The van der Waals surface area contributed by atoms with E-state index in [4.69, 9.17) is 9.47 Å². The zero-order chi connectivity index (χ0) is 14.7. The summed E-state index contributed by atoms with van der Waals surface area (Å²) in [6.45, 7) is 12.0. The Kier molecular flexibility index (Phi) is 9.88. The van der Waals surface area contributed by atoms with Crippen molar-refractivity contribution in [2.45, 2.75) is 71.9 Å². The molecule has 0 aliphatic heterocycles. The predicted octanol–water partition coefficient (Wildman–Crippen LogP) is 2.90. The van der Waals surface area contributed by atoms with Gasteiger partial charge in [-0.05, 0) is 53.4 Å². The van der Waals surface area contributed by atoms with Gasteiger partial charge in [0.2, 0.25) is 0 Å². The topological polar surface area (TPSA) is 47.6 Å². The van der Waals surface area contributed by atoms with Gasteiger partial charge in [0.1, 0.15) is 5.54 Å². The van der Waals surface area contributed by atoms with E-state index in [1.165, 1.54) is 0 Å². The highest BCUT2D eigenvalue weighted by molar-refractivity contribution is 5.80. The minimum absolute atomic E-state index is 0.154. The molecule has 0 aromatic rings. The molecular formula is C15H31NO3. The van der Waals surface area contributed by atoms with Crippen LogP contribution in [0.3, 0.4) is 0 Å². The molecule has 0 aromatic heterocycles. The lowest BCUT2D eigenvalue weighted by Crippen LogP contribution is -2.53. The summed E-state index contributed by atoms with van der Waals surface area (Å²) in [7, 11) is 0. The molecule has 0 aliphatic rings. The zero-order valence-corrected chi connectivity index (χ0v) is 13.3. The summed E-state index contributed by atoms with van der Waals surface area (Å²) >= 11 is 0. The summed E-state index contributed by atoms with van der Waals surface area (Å²) in [4.78, 5) is 12.1. The van der Waals surface area contributed by atoms with Crippen LogP contribution in [0.5, 0.6) is 0 Å². The van der Waals surface area contributed by atoms with E-state index in [0.717, 1.165) is 38.9 Å². The lowest BCUT2D eigenvalue weighted by Gasteiger charge is -2.30. The van der Waals surface area contributed by atoms with Crippen LogP contribution in [0.25, 0.3) is 0 Å². The lowest BCUT2D eigenvalue weighted by molar-refractivity contribution is -0.151. The van der Waals surface area contributed by atoms with E-state index in [1.54, 1.807) is 0 Å². The van der Waals surface area contributed by atoms with Crippen molar-refractivity contribution in [3.05, 3.63) is 0 Å². The average Bonchev–Trinajstić information content (AvgIpc) is 2.33. The van der Waals surface area contributed by atoms with Crippen molar-refractivity contribution >= 4 is 5.97 Å². The molecule has 0 fully saturated rings. The van der Waals surface area contributed by atoms with Gasteiger partial charge in [-0.2, -0.15) is 0 Å². The number of hydrogen-bond acceptors (Lipinski definition) is 4. The van der Waals surface area contributed by atoms with E-state index in [1.807, 2.05) is 27.7 Å². The minimum Gasteiger partial charge on any atom is -0.465 e. The fourth-order valence-corrected chi connectivity index (χ4v) is 2.09. The minimum atomic E-state index is -0.588. The van der Waals surface area contributed by atoms with Gasteiger partial charge in [0.15, 0.2) is 0 Å². The smallest absolute Gasteiger partial charge is 0.326 e. The second-order valence-corrected chi connectivity index (χ2v) is 5.42. The number of ether oxygens (including phenoxy) is 2. The van der Waals surface area contributed by atoms with Crippen LogP contribution in [0.15, 0.2) is 0 Å². The second kappa shape index (κ2) is 10.2. The Labute approximate surface area is 118 Å². The van der Waals surface area contributed by atoms with Gasteiger partial charge in [0, 0.05) is 19.3 Å². The first-order valence-electron chi connectivity index (χ1n) is 7.49. The molecule has 0 radical (unpaired) electrons. The Morgan fingerprint density at radius 3 is 2.42 bits per heavy atom. The van der Waals surface area contributed by atoms with E-state index in [9.17, 15) is 4.79 Å². The molecule has 0 spiro atoms. The van der Waals surface area contributed by atoms with Crippen LogP contribution in [-0.2, 0) is 14.3 Å². The molecular weight excluding hydrogens is 242 g/mol. The maximum atomic E-state index is 12.1. The van der Waals surface area contributed by atoms with Crippen molar-refractivity contribution in [3.63, 3.8) is 0 Å². The second-order valence-electron chi connectivity index (χ2n) is 5.42. The van der Waals surface area contributed by atoms with Gasteiger partial charge in [0.25, 0.3) is 0 Å². The first kappa shape index (κ1) is 18.4. The number of esters is 1. The summed E-state index contributed by atoms with van der Waals surface area (Å²) in [6, 6.07) is 0.255. The normalized spacial score (nSPS) is 14.4. The van der Waals surface area contributed by atoms with Crippen molar-refractivity contribution < 1.29 is 14.3 Å². The van der Waals surface area contributed by atoms with Crippen LogP contribution < -0.4 is 5.32 Å². The molecule has 1 N–H and O–H groups in total. The molecule has 0 aliphatic carbocycles. The van der Waals surface area contributed by atoms with E-state index in [-0.39, 0.29) is 12.0 Å². The van der Waals surface area contributed by atoms with E-state index >= 15 is 0 Å². The third kappa shape index (κ3) is 8.22. The quantitative estimate of drug-likeness (QED) is 0.464. The molecule has 4 heteroatoms. The van der Waals surface area contributed by atoms with Crippen molar-refractivity contribution in [1.82, 2.24) is 5.32 Å². The number of rotatable bonds is 11. The maximum Gasteiger partial charge on any atom is 0.326 e. The first-order chi connectivity index (χ1) is 8.96. The Hall–Kier alpha value is -0.610. The van der Waals surface area contributed by atoms with Crippen LogP contribution in [0.4, 0.5) is 0 Å². The highest BCUT2D eigenvalue weighted by Gasteiger charge is 2.34. The van der Waals surface area contributed by atoms with Crippen molar-refractivity contribution in [2.75, 3.05) is 19.8 Å². The Balaban J connectivity index is 4.16. The maximum absolute atomic E-state index is 12.1. The predicted molar refractivity (Wildman–Crippen MR) is 78.3 cm³/mol. The summed E-state index contributed by atoms with van der Waals surface area (Å²) in [5, 5.41) is 3.33. The molecule has 0 aromatic carbocycles. The third-order valence-corrected chi connectivity index (χ3v) is 2.90. The summed E-state index contributed by atoms with van der Waals surface area (Å²) in [5.74, 6) is -0.154. The van der Waals surface area contributed by atoms with Gasteiger partial charge in [-0.25, -0.2) is 0 Å². The number of hydrogen-bond donors (Lipinski definition) is 1. The summed E-state index contributed by atoms with van der Waals surface area (Å²) in [5.41, 5.74) is -0.588. The Morgan fingerprint density at radius 2 is 1.89 bits per heavy atom. The van der Waals surface area contributed by atoms with Crippen LogP contribution in [0.1, 0.15) is 60.3 Å². The monoisotopic (exact) mass is 273 g/mol. The fraction of sp³-hybridized carbons (Fsp3) is 0.933. The standard InChI is InChI=1S/C15H31NO3/c1-6-11-18-12-9-8-10-15(5,16-13(3)4)14(17)19-7-2/h13,16H,6-12H2,1-5H3. The number of unbranched alkanes of at least 4 members (excludes halogenated alkanes) is 1. The van der Waals surface area contributed by atoms with Gasteiger partial charge < -0.3 is 9.47 Å². The molecule has 19 heavy (non-hydrogen) atoms. The molecule has 0 amide bonds. The number of nitrogens with one attached hydrogen (secondary N) is 1. The molecule has 0 rings (SSSR count). The number of carbonyl (C=O) groups excluding carboxylic acids is 1. The lowest BCUT2D eigenvalue weighted by atomic mass is 9.94. The van der Waals surface area contributed by atoms with Gasteiger partial charge >= 0.3 is 5.97 Å². The molecule has 1 unspecified atom stereocenters. The molecule has 0 saturated heterocycles. The summed E-state index contributed by atoms with van der Waals surface area (Å²) < 4.78 is 10.6. The third-order valence-electron chi connectivity index (χ3n) is 2.90. The van der Waals surface area contributed by atoms with Crippen molar-refractivity contribution in [2.24, 2.45) is 0 Å². The zero-order valence-electron chi connectivity index (χ0n) is 13.3. The van der Waals surface area contributed by atoms with Crippen LogP contribution in [0, 0.1) is 0 Å². The molecule has 114 valence electrons. The van der Waals surface area contributed by atoms with Crippen LogP contribution >= 0.6 is 0 Å². The Bertz CT molecular complexity index is 244. The molecule has 0 bridgehead atoms. The van der Waals surface area contributed by atoms with Gasteiger partial charge in [-0.3, -0.25) is 10.1 Å². The molecule has 4 nitrogen and oxygen atoms in total. The van der Waals surface area contributed by atoms with Crippen LogP contribution in [-0.4, -0.2) is 37.4 Å². The van der Waals surface area contributed by atoms with Gasteiger partial charge in [0.05, 0.1) is 6.61 Å². The average molecular weight is 273 g/mol. The molecule has 0 heterocycles. The fourth-order valence-electron chi connectivity index (χ4n) is 2.09. The van der Waals surface area contributed by atoms with E-state index < -0.39 is 5.54 Å². The molecule has 0 saturated carbocycles. The molecule has 1 atom stereocenters. The first-order valence-corrected chi connectivity index (χ1v) is 7.49. The van der Waals surface area contributed by atoms with Gasteiger partial charge in [-0.15, -0.1) is 0 Å². The Morgan fingerprint density at radius 1 is 1.21 bits per heavy atom. The van der Waals surface area contributed by atoms with Gasteiger partial charge in [-0.1, -0.05) is 6.92 Å². The van der Waals surface area contributed by atoms with E-state index in [0.29, 0.717) is 6.61 Å². The van der Waals surface area contributed by atoms with Crippen LogP contribution in [0.2, 0.25) is 0 Å². The highest BCUT2D eigenvalue weighted by Crippen LogP contribution is 2.17. The summed E-state index contributed by atoms with van der Waals surface area (Å²) in [6.07, 6.45) is 3.77. The van der Waals surface area contributed by atoms with E-state index in [2.05, 4.69) is 12.2 Å². The number of carbonyl (C=O) groups is 1. The highest BCUT2D eigenvalue weighted by atomic mass is 16.5. The van der Waals surface area contributed by atoms with Crippen molar-refractivity contribution in [1.29, 1.82) is 0 Å².